The van der Waals surface area contributed by atoms with Gasteiger partial charge in [-0.1, -0.05) is 33.1 Å². The standard InChI is InChI=1S/C17H31NO2/c1-17(2)12-10-14(17)13(15(18)11-12)8-6-4-5-7-9-16(19)20-3/h12-15H,4-11,18H2,1-3H3/t12?,13-,14?,15-/m1/s1. The number of carbonyl (C=O) groups excluding carboxylic acids is 1. The number of methoxy groups -OCH3 is 1. The Balaban J connectivity index is 1.63. The topological polar surface area (TPSA) is 52.3 Å². The molecule has 2 unspecified atom stereocenters. The Labute approximate surface area is 123 Å². The molecule has 0 aromatic carbocycles. The fraction of sp³-hybridized carbons (Fsp3) is 0.941. The van der Waals surface area contributed by atoms with Crippen LogP contribution in [-0.2, 0) is 9.53 Å². The molecular weight excluding hydrogens is 250 g/mol. The zero-order chi connectivity index (χ0) is 14.8. The van der Waals surface area contributed by atoms with Gasteiger partial charge in [0.05, 0.1) is 7.11 Å². The molecule has 0 radical (unpaired) electrons. The summed E-state index contributed by atoms with van der Waals surface area (Å²) in [7, 11) is 1.46. The van der Waals surface area contributed by atoms with E-state index in [0.717, 1.165) is 30.6 Å². The Hall–Kier alpha value is -0.570. The third-order valence-electron chi connectivity index (χ3n) is 6.07. The van der Waals surface area contributed by atoms with Gasteiger partial charge >= 0.3 is 5.97 Å². The van der Waals surface area contributed by atoms with E-state index >= 15 is 0 Å². The van der Waals surface area contributed by atoms with E-state index in [-0.39, 0.29) is 5.97 Å². The lowest BCUT2D eigenvalue weighted by molar-refractivity contribution is -0.140. The van der Waals surface area contributed by atoms with Crippen molar-refractivity contribution >= 4 is 5.97 Å². The SMILES string of the molecule is COC(=O)CCCCCC[C@@H]1C2CC(C[C@H]1N)C2(C)C. The highest BCUT2D eigenvalue weighted by molar-refractivity contribution is 5.68. The number of hydrogen-bond donors (Lipinski definition) is 1. The molecule has 3 heteroatoms. The molecule has 3 fully saturated rings. The normalized spacial score (nSPS) is 34.4. The maximum Gasteiger partial charge on any atom is 0.305 e. The molecule has 0 amide bonds. The summed E-state index contributed by atoms with van der Waals surface area (Å²) < 4.78 is 4.65. The smallest absolute Gasteiger partial charge is 0.305 e. The molecule has 3 saturated carbocycles. The van der Waals surface area contributed by atoms with Crippen molar-refractivity contribution in [3.63, 3.8) is 0 Å². The monoisotopic (exact) mass is 281 g/mol. The summed E-state index contributed by atoms with van der Waals surface area (Å²) in [6, 6.07) is 0.432. The van der Waals surface area contributed by atoms with Crippen molar-refractivity contribution in [1.29, 1.82) is 0 Å². The van der Waals surface area contributed by atoms with E-state index < -0.39 is 0 Å². The van der Waals surface area contributed by atoms with Crippen LogP contribution in [-0.4, -0.2) is 19.1 Å². The zero-order valence-electron chi connectivity index (χ0n) is 13.4. The second-order valence-corrected chi connectivity index (χ2v) is 7.45. The molecular formula is C17H31NO2. The highest BCUT2D eigenvalue weighted by Gasteiger charge is 2.56. The fourth-order valence-electron chi connectivity index (χ4n) is 4.50. The Kier molecular flexibility index (Phi) is 5.11. The van der Waals surface area contributed by atoms with Crippen molar-refractivity contribution in [2.24, 2.45) is 28.9 Å². The number of esters is 1. The van der Waals surface area contributed by atoms with Crippen molar-refractivity contribution in [3.05, 3.63) is 0 Å². The highest BCUT2D eigenvalue weighted by atomic mass is 16.5. The zero-order valence-corrected chi connectivity index (χ0v) is 13.4. The number of carbonyl (C=O) groups is 1. The van der Waals surface area contributed by atoms with Crippen LogP contribution in [0.3, 0.4) is 0 Å². The fourth-order valence-corrected chi connectivity index (χ4v) is 4.50. The van der Waals surface area contributed by atoms with Gasteiger partial charge < -0.3 is 10.5 Å². The van der Waals surface area contributed by atoms with Gasteiger partial charge in [0.1, 0.15) is 0 Å². The number of hydrogen-bond acceptors (Lipinski definition) is 3. The number of fused-ring (bicyclic) bond motifs is 2. The number of unbranched alkanes of at least 4 members (excludes halogenated alkanes) is 3. The van der Waals surface area contributed by atoms with Crippen LogP contribution in [0.2, 0.25) is 0 Å². The lowest BCUT2D eigenvalue weighted by Crippen LogP contribution is -2.59. The van der Waals surface area contributed by atoms with Crippen molar-refractivity contribution in [3.8, 4) is 0 Å². The second-order valence-electron chi connectivity index (χ2n) is 7.45. The largest absolute Gasteiger partial charge is 0.469 e. The molecule has 0 aliphatic heterocycles. The van der Waals surface area contributed by atoms with E-state index in [0.29, 0.717) is 17.9 Å². The van der Waals surface area contributed by atoms with E-state index in [4.69, 9.17) is 5.73 Å². The first kappa shape index (κ1) is 15.8. The average Bonchev–Trinajstić information content (AvgIpc) is 2.43. The van der Waals surface area contributed by atoms with Crippen LogP contribution in [0.1, 0.15) is 65.2 Å². The Morgan fingerprint density at radius 2 is 1.90 bits per heavy atom. The molecule has 4 atom stereocenters. The summed E-state index contributed by atoms with van der Waals surface area (Å²) in [5, 5.41) is 0. The Bertz CT molecular complexity index is 340. The molecule has 20 heavy (non-hydrogen) atoms. The minimum Gasteiger partial charge on any atom is -0.469 e. The quantitative estimate of drug-likeness (QED) is 0.574. The van der Waals surface area contributed by atoms with E-state index in [2.05, 4.69) is 18.6 Å². The molecule has 3 aliphatic rings. The van der Waals surface area contributed by atoms with Crippen molar-refractivity contribution in [1.82, 2.24) is 0 Å². The Morgan fingerprint density at radius 1 is 1.20 bits per heavy atom. The van der Waals surface area contributed by atoms with Gasteiger partial charge in [-0.3, -0.25) is 4.79 Å². The first-order valence-electron chi connectivity index (χ1n) is 8.29. The van der Waals surface area contributed by atoms with E-state index in [1.165, 1.54) is 39.2 Å². The van der Waals surface area contributed by atoms with Crippen LogP contribution in [0.4, 0.5) is 0 Å². The first-order chi connectivity index (χ1) is 9.46. The molecule has 0 saturated heterocycles. The molecule has 3 aliphatic carbocycles. The van der Waals surface area contributed by atoms with Crippen LogP contribution in [0.5, 0.6) is 0 Å². The van der Waals surface area contributed by atoms with E-state index in [1.54, 1.807) is 0 Å². The lowest BCUT2D eigenvalue weighted by Gasteiger charge is -2.62. The van der Waals surface area contributed by atoms with Gasteiger partial charge in [0.25, 0.3) is 0 Å². The predicted octanol–water partition coefficient (Wildman–Crippen LogP) is 3.51. The average molecular weight is 281 g/mol. The van der Waals surface area contributed by atoms with Gasteiger partial charge in [-0.15, -0.1) is 0 Å². The number of nitrogens with two attached hydrogens (primary N) is 1. The van der Waals surface area contributed by atoms with Gasteiger partial charge in [-0.05, 0) is 48.9 Å². The summed E-state index contributed by atoms with van der Waals surface area (Å²) in [6.45, 7) is 4.86. The van der Waals surface area contributed by atoms with Crippen molar-refractivity contribution < 1.29 is 9.53 Å². The molecule has 3 rings (SSSR count). The van der Waals surface area contributed by atoms with Gasteiger partial charge in [-0.25, -0.2) is 0 Å². The minimum atomic E-state index is -0.0819. The summed E-state index contributed by atoms with van der Waals surface area (Å²) in [4.78, 5) is 11.0. The Morgan fingerprint density at radius 3 is 2.55 bits per heavy atom. The van der Waals surface area contributed by atoms with E-state index in [1.807, 2.05) is 0 Å². The highest BCUT2D eigenvalue weighted by Crippen LogP contribution is 2.61. The van der Waals surface area contributed by atoms with Crippen LogP contribution in [0, 0.1) is 23.2 Å². The summed E-state index contributed by atoms with van der Waals surface area (Å²) in [5.74, 6) is 2.38. The molecule has 0 aromatic rings. The maximum atomic E-state index is 11.0. The maximum absolute atomic E-state index is 11.0. The minimum absolute atomic E-state index is 0.0819. The molecule has 2 N–H and O–H groups in total. The summed E-state index contributed by atoms with van der Waals surface area (Å²) >= 11 is 0. The summed E-state index contributed by atoms with van der Waals surface area (Å²) in [6.07, 6.45) is 9.06. The third kappa shape index (κ3) is 3.19. The first-order valence-corrected chi connectivity index (χ1v) is 8.29. The molecule has 2 bridgehead atoms. The molecule has 0 heterocycles. The molecule has 3 nitrogen and oxygen atoms in total. The molecule has 0 aromatic heterocycles. The van der Waals surface area contributed by atoms with Gasteiger partial charge in [0.2, 0.25) is 0 Å². The van der Waals surface area contributed by atoms with Gasteiger partial charge in [0, 0.05) is 12.5 Å². The summed E-state index contributed by atoms with van der Waals surface area (Å²) in [5.41, 5.74) is 6.89. The third-order valence-corrected chi connectivity index (χ3v) is 6.07. The van der Waals surface area contributed by atoms with Crippen LogP contribution in [0.15, 0.2) is 0 Å². The van der Waals surface area contributed by atoms with Crippen LogP contribution < -0.4 is 5.73 Å². The van der Waals surface area contributed by atoms with Crippen molar-refractivity contribution in [2.45, 2.75) is 71.3 Å². The predicted molar refractivity (Wildman–Crippen MR) is 81.2 cm³/mol. The van der Waals surface area contributed by atoms with E-state index in [9.17, 15) is 4.79 Å². The second kappa shape index (κ2) is 6.46. The molecule has 116 valence electrons. The molecule has 0 spiro atoms. The number of rotatable bonds is 7. The van der Waals surface area contributed by atoms with Crippen molar-refractivity contribution in [2.75, 3.05) is 7.11 Å². The van der Waals surface area contributed by atoms with Gasteiger partial charge in [-0.2, -0.15) is 0 Å². The number of ether oxygens (including phenoxy) is 1. The lowest BCUT2D eigenvalue weighted by atomic mass is 9.44. The van der Waals surface area contributed by atoms with Crippen LogP contribution in [0.25, 0.3) is 0 Å². The van der Waals surface area contributed by atoms with Crippen LogP contribution >= 0.6 is 0 Å². The van der Waals surface area contributed by atoms with Gasteiger partial charge in [0.15, 0.2) is 0 Å².